The number of nitrogens with zero attached hydrogens (tertiary/aromatic N) is 3. The summed E-state index contributed by atoms with van der Waals surface area (Å²) in [5, 5.41) is 2.46. The third-order valence-corrected chi connectivity index (χ3v) is 6.86. The first-order chi connectivity index (χ1) is 15.7. The predicted molar refractivity (Wildman–Crippen MR) is 134 cm³/mol. The van der Waals surface area contributed by atoms with Crippen molar-refractivity contribution in [3.63, 3.8) is 0 Å². The summed E-state index contributed by atoms with van der Waals surface area (Å²) in [5.74, 6) is -0.473. The third kappa shape index (κ3) is 5.01. The number of amides is 1. The summed E-state index contributed by atoms with van der Waals surface area (Å²) in [4.78, 5) is 22.4. The van der Waals surface area contributed by atoms with Gasteiger partial charge in [-0.15, -0.1) is 12.4 Å². The van der Waals surface area contributed by atoms with Crippen molar-refractivity contribution >= 4 is 55.8 Å². The van der Waals surface area contributed by atoms with Gasteiger partial charge in [0.05, 0.1) is 17.9 Å². The van der Waals surface area contributed by atoms with Gasteiger partial charge in [-0.1, -0.05) is 53.8 Å². The number of para-hydroxylation sites is 1. The number of halogens is 2. The zero-order chi connectivity index (χ0) is 21.9. The maximum atomic E-state index is 14.3. The number of ether oxygens (including phenoxy) is 1. The minimum absolute atomic E-state index is 0. The lowest BCUT2D eigenvalue weighted by molar-refractivity contribution is 0.0376. The zero-order valence-corrected chi connectivity index (χ0v) is 19.7. The fourth-order valence-corrected chi connectivity index (χ4v) is 5.14. The summed E-state index contributed by atoms with van der Waals surface area (Å²) in [7, 11) is 0. The second-order valence-electron chi connectivity index (χ2n) is 7.87. The maximum Gasteiger partial charge on any atom is 0.260 e. The van der Waals surface area contributed by atoms with E-state index in [0.29, 0.717) is 22.8 Å². The highest BCUT2D eigenvalue weighted by molar-refractivity contribution is 7.22. The SMILES string of the molecule is Cl.O=C(c1cccc2ccccc12)N(CCCN1CCOCC1)c1nc2c(F)cccc2s1. The number of aromatic nitrogens is 1. The summed E-state index contributed by atoms with van der Waals surface area (Å²) >= 11 is 1.35. The molecule has 0 spiro atoms. The molecule has 0 saturated carbocycles. The number of fused-ring (bicyclic) bond motifs is 2. The molecule has 0 radical (unpaired) electrons. The van der Waals surface area contributed by atoms with E-state index in [4.69, 9.17) is 4.74 Å². The Hall–Kier alpha value is -2.58. The Morgan fingerprint density at radius 2 is 1.82 bits per heavy atom. The van der Waals surface area contributed by atoms with Gasteiger partial charge in [0, 0.05) is 31.7 Å². The summed E-state index contributed by atoms with van der Waals surface area (Å²) in [6, 6.07) is 18.6. The number of benzene rings is 3. The third-order valence-electron chi connectivity index (χ3n) is 5.81. The minimum Gasteiger partial charge on any atom is -0.379 e. The molecule has 1 fully saturated rings. The van der Waals surface area contributed by atoms with Crippen LogP contribution in [-0.4, -0.2) is 55.2 Å². The lowest BCUT2D eigenvalue weighted by atomic mass is 10.0. The second-order valence-corrected chi connectivity index (χ2v) is 8.88. The Kier molecular flexibility index (Phi) is 7.55. The number of hydrogen-bond donors (Lipinski definition) is 0. The Morgan fingerprint density at radius 1 is 1.06 bits per heavy atom. The minimum atomic E-state index is -0.365. The maximum absolute atomic E-state index is 14.3. The first kappa shape index (κ1) is 23.6. The fraction of sp³-hybridized carbons (Fsp3) is 0.280. The Labute approximate surface area is 202 Å². The van der Waals surface area contributed by atoms with Crippen LogP contribution in [0.25, 0.3) is 21.0 Å². The number of carbonyl (C=O) groups is 1. The number of anilines is 1. The monoisotopic (exact) mass is 485 g/mol. The highest BCUT2D eigenvalue weighted by Crippen LogP contribution is 2.32. The summed E-state index contributed by atoms with van der Waals surface area (Å²) < 4.78 is 20.5. The molecule has 5 rings (SSSR count). The fourth-order valence-electron chi connectivity index (χ4n) is 4.14. The molecule has 1 aliphatic rings. The van der Waals surface area contributed by atoms with Crippen LogP contribution in [0.3, 0.4) is 0 Å². The normalized spacial score (nSPS) is 14.3. The van der Waals surface area contributed by atoms with Crippen LogP contribution in [-0.2, 0) is 4.74 Å². The van der Waals surface area contributed by atoms with E-state index in [1.54, 1.807) is 11.0 Å². The van der Waals surface area contributed by atoms with Crippen LogP contribution in [0.5, 0.6) is 0 Å². The molecule has 3 aromatic carbocycles. The van der Waals surface area contributed by atoms with E-state index in [0.717, 1.165) is 54.7 Å². The van der Waals surface area contributed by atoms with Crippen LogP contribution >= 0.6 is 23.7 Å². The van der Waals surface area contributed by atoms with Gasteiger partial charge in [0.25, 0.3) is 5.91 Å². The topological polar surface area (TPSA) is 45.7 Å². The molecule has 0 aliphatic carbocycles. The molecular formula is C25H25ClFN3O2S. The summed E-state index contributed by atoms with van der Waals surface area (Å²) in [5.41, 5.74) is 0.950. The molecule has 172 valence electrons. The van der Waals surface area contributed by atoms with E-state index in [-0.39, 0.29) is 24.1 Å². The molecule has 2 heterocycles. The van der Waals surface area contributed by atoms with E-state index >= 15 is 0 Å². The zero-order valence-electron chi connectivity index (χ0n) is 18.1. The molecular weight excluding hydrogens is 461 g/mol. The average molecular weight is 486 g/mol. The van der Waals surface area contributed by atoms with E-state index < -0.39 is 0 Å². The van der Waals surface area contributed by atoms with Crippen molar-refractivity contribution in [3.8, 4) is 0 Å². The lowest BCUT2D eigenvalue weighted by Crippen LogP contribution is -2.39. The van der Waals surface area contributed by atoms with Gasteiger partial charge in [0.15, 0.2) is 5.13 Å². The van der Waals surface area contributed by atoms with Gasteiger partial charge in [-0.25, -0.2) is 9.37 Å². The second kappa shape index (κ2) is 10.6. The Bertz CT molecular complexity index is 1250. The number of carbonyl (C=O) groups excluding carboxylic acids is 1. The van der Waals surface area contributed by atoms with E-state index in [2.05, 4.69) is 9.88 Å². The van der Waals surface area contributed by atoms with Crippen molar-refractivity contribution in [2.75, 3.05) is 44.3 Å². The Morgan fingerprint density at radius 3 is 2.64 bits per heavy atom. The van der Waals surface area contributed by atoms with Gasteiger partial charge in [-0.05, 0) is 35.4 Å². The van der Waals surface area contributed by atoms with Crippen molar-refractivity contribution in [1.82, 2.24) is 9.88 Å². The van der Waals surface area contributed by atoms with E-state index in [1.807, 2.05) is 48.5 Å². The first-order valence-electron chi connectivity index (χ1n) is 10.9. The number of hydrogen-bond acceptors (Lipinski definition) is 5. The molecule has 1 amide bonds. The van der Waals surface area contributed by atoms with Gasteiger partial charge in [0.1, 0.15) is 11.3 Å². The molecule has 33 heavy (non-hydrogen) atoms. The van der Waals surface area contributed by atoms with Crippen molar-refractivity contribution < 1.29 is 13.9 Å². The van der Waals surface area contributed by atoms with Gasteiger partial charge in [-0.3, -0.25) is 14.6 Å². The highest BCUT2D eigenvalue weighted by Gasteiger charge is 2.24. The molecule has 0 unspecified atom stereocenters. The van der Waals surface area contributed by atoms with Crippen LogP contribution in [0.1, 0.15) is 16.8 Å². The van der Waals surface area contributed by atoms with Crippen LogP contribution in [0, 0.1) is 5.82 Å². The predicted octanol–water partition coefficient (Wildman–Crippen LogP) is 5.38. The smallest absolute Gasteiger partial charge is 0.260 e. The highest BCUT2D eigenvalue weighted by atomic mass is 35.5. The van der Waals surface area contributed by atoms with Crippen LogP contribution in [0.2, 0.25) is 0 Å². The van der Waals surface area contributed by atoms with Gasteiger partial charge in [0.2, 0.25) is 0 Å². The van der Waals surface area contributed by atoms with Crippen LogP contribution in [0.4, 0.5) is 9.52 Å². The summed E-state index contributed by atoms with van der Waals surface area (Å²) in [6.07, 6.45) is 0.801. The average Bonchev–Trinajstić information content (AvgIpc) is 3.27. The molecule has 1 aromatic heterocycles. The van der Waals surface area contributed by atoms with Crippen molar-refractivity contribution in [1.29, 1.82) is 0 Å². The summed E-state index contributed by atoms with van der Waals surface area (Å²) in [6.45, 7) is 4.70. The largest absolute Gasteiger partial charge is 0.379 e. The van der Waals surface area contributed by atoms with Crippen LogP contribution in [0.15, 0.2) is 60.7 Å². The molecule has 0 bridgehead atoms. The van der Waals surface area contributed by atoms with Crippen molar-refractivity contribution in [2.45, 2.75) is 6.42 Å². The van der Waals surface area contributed by atoms with Crippen molar-refractivity contribution in [2.24, 2.45) is 0 Å². The Balaban J connectivity index is 0.00000259. The van der Waals surface area contributed by atoms with E-state index in [1.165, 1.54) is 17.4 Å². The van der Waals surface area contributed by atoms with Gasteiger partial charge in [-0.2, -0.15) is 0 Å². The van der Waals surface area contributed by atoms with E-state index in [9.17, 15) is 9.18 Å². The van der Waals surface area contributed by atoms with Gasteiger partial charge < -0.3 is 4.74 Å². The van der Waals surface area contributed by atoms with Gasteiger partial charge >= 0.3 is 0 Å². The number of thiazole rings is 1. The molecule has 0 atom stereocenters. The molecule has 1 aliphatic heterocycles. The molecule has 5 nitrogen and oxygen atoms in total. The molecule has 4 aromatic rings. The quantitative estimate of drug-likeness (QED) is 0.368. The molecule has 0 N–H and O–H groups in total. The lowest BCUT2D eigenvalue weighted by Gasteiger charge is -2.28. The first-order valence-corrected chi connectivity index (χ1v) is 11.7. The number of morpholine rings is 1. The standard InChI is InChI=1S/C25H24FN3O2S.ClH/c26-21-10-4-11-22-23(21)27-25(32-22)29(13-5-12-28-14-16-31-17-15-28)24(30)20-9-3-7-18-6-1-2-8-19(18)20;/h1-4,6-11H,5,12-17H2;1H. The molecule has 8 heteroatoms. The molecule has 1 saturated heterocycles. The number of rotatable bonds is 6. The van der Waals surface area contributed by atoms with Crippen LogP contribution < -0.4 is 4.90 Å². The van der Waals surface area contributed by atoms with Crippen molar-refractivity contribution in [3.05, 3.63) is 72.0 Å².